The number of sulfonamides is 1. The normalized spacial score (nSPS) is 22.7. The molecule has 9 heteroatoms. The predicted octanol–water partition coefficient (Wildman–Crippen LogP) is 4.68. The van der Waals surface area contributed by atoms with Crippen LogP contribution >= 0.6 is 0 Å². The molecule has 0 radical (unpaired) electrons. The average Bonchev–Trinajstić information content (AvgIpc) is 3.60. The molecule has 1 amide bonds. The van der Waals surface area contributed by atoms with Crippen LogP contribution in [-0.4, -0.2) is 61.2 Å². The van der Waals surface area contributed by atoms with E-state index >= 15 is 0 Å². The fourth-order valence-corrected chi connectivity index (χ4v) is 8.28. The summed E-state index contributed by atoms with van der Waals surface area (Å²) in [5.74, 6) is 1.46. The van der Waals surface area contributed by atoms with Crippen LogP contribution < -0.4 is 9.47 Å². The molecule has 2 aromatic carbocycles. The number of aryl methyl sites for hydroxylation is 1. The molecular formula is C30H37N3O5S. The van der Waals surface area contributed by atoms with Gasteiger partial charge in [-0.1, -0.05) is 12.1 Å². The number of amides is 1. The molecule has 208 valence electrons. The van der Waals surface area contributed by atoms with Crippen molar-refractivity contribution < 1.29 is 22.7 Å². The zero-order valence-electron chi connectivity index (χ0n) is 23.2. The molecule has 3 heterocycles. The Morgan fingerprint density at radius 1 is 1.08 bits per heavy atom. The fraction of sp³-hybridized carbons (Fsp3) is 0.533. The van der Waals surface area contributed by atoms with Crippen molar-refractivity contribution in [3.8, 4) is 11.5 Å². The molecule has 1 saturated heterocycles. The van der Waals surface area contributed by atoms with Crippen LogP contribution in [0.1, 0.15) is 69.1 Å². The maximum atomic E-state index is 13.7. The van der Waals surface area contributed by atoms with Gasteiger partial charge in [-0.2, -0.15) is 9.41 Å². The minimum absolute atomic E-state index is 0.0449. The van der Waals surface area contributed by atoms with E-state index < -0.39 is 15.4 Å². The first-order chi connectivity index (χ1) is 18.6. The van der Waals surface area contributed by atoms with E-state index in [4.69, 9.17) is 14.6 Å². The molecule has 2 aromatic rings. The van der Waals surface area contributed by atoms with E-state index in [1.807, 2.05) is 39.0 Å². The Bertz CT molecular complexity index is 1450. The molecule has 3 aliphatic heterocycles. The van der Waals surface area contributed by atoms with Gasteiger partial charge in [-0.05, 0) is 89.1 Å². The second kappa shape index (κ2) is 9.34. The van der Waals surface area contributed by atoms with E-state index in [9.17, 15) is 13.2 Å². The molecule has 1 spiro atoms. The molecule has 6 rings (SSSR count). The quantitative estimate of drug-likeness (QED) is 0.539. The van der Waals surface area contributed by atoms with Crippen LogP contribution in [0, 0.1) is 12.3 Å². The fourth-order valence-electron chi connectivity index (χ4n) is 6.71. The number of nitrogens with zero attached hydrogens (tertiary/aromatic N) is 3. The van der Waals surface area contributed by atoms with Crippen LogP contribution in [0.5, 0.6) is 11.5 Å². The number of rotatable bonds is 5. The lowest BCUT2D eigenvalue weighted by Gasteiger charge is -2.35. The standard InChI is InChI=1S/C30H37N3O5S/c1-20-8-7-9-22(18-20)39(35,36)32-16-12-21(13-17-32)33-28(34)29(2,3)27(31-33)23-10-11-25(37-4)26-24(23)19-30(38-26)14-5-6-15-30/h7-11,18,21H,5-6,12-17,19H2,1-4H3. The van der Waals surface area contributed by atoms with E-state index in [0.717, 1.165) is 66.0 Å². The average molecular weight is 552 g/mol. The third-order valence-electron chi connectivity index (χ3n) is 8.97. The summed E-state index contributed by atoms with van der Waals surface area (Å²) >= 11 is 0. The van der Waals surface area contributed by atoms with Crippen LogP contribution in [-0.2, 0) is 21.2 Å². The lowest BCUT2D eigenvalue weighted by atomic mass is 9.80. The van der Waals surface area contributed by atoms with Crippen molar-refractivity contribution in [3.63, 3.8) is 0 Å². The first-order valence-electron chi connectivity index (χ1n) is 13.9. The zero-order valence-corrected chi connectivity index (χ0v) is 24.0. The van der Waals surface area contributed by atoms with Gasteiger partial charge >= 0.3 is 0 Å². The van der Waals surface area contributed by atoms with Crippen molar-refractivity contribution in [2.24, 2.45) is 10.5 Å². The summed E-state index contributed by atoms with van der Waals surface area (Å²) in [7, 11) is -1.92. The number of carbonyl (C=O) groups excluding carboxylic acids is 1. The predicted molar refractivity (Wildman–Crippen MR) is 149 cm³/mol. The van der Waals surface area contributed by atoms with E-state index in [1.54, 1.807) is 30.3 Å². The molecule has 2 fully saturated rings. The van der Waals surface area contributed by atoms with E-state index in [1.165, 1.54) is 4.31 Å². The molecule has 0 bridgehead atoms. The number of hydrogen-bond acceptors (Lipinski definition) is 6. The highest BCUT2D eigenvalue weighted by Crippen LogP contribution is 2.51. The number of methoxy groups -OCH3 is 1. The zero-order chi connectivity index (χ0) is 27.6. The number of hydrazone groups is 1. The van der Waals surface area contributed by atoms with Crippen LogP contribution in [0.2, 0.25) is 0 Å². The summed E-state index contributed by atoms with van der Waals surface area (Å²) in [4.78, 5) is 14.1. The summed E-state index contributed by atoms with van der Waals surface area (Å²) in [6.45, 7) is 6.46. The maximum Gasteiger partial charge on any atom is 0.254 e. The second-order valence-electron chi connectivity index (χ2n) is 12.0. The number of ether oxygens (including phenoxy) is 2. The largest absolute Gasteiger partial charge is 0.493 e. The van der Waals surface area contributed by atoms with Crippen molar-refractivity contribution in [3.05, 3.63) is 53.1 Å². The summed E-state index contributed by atoms with van der Waals surface area (Å²) in [6.07, 6.45) is 6.23. The smallest absolute Gasteiger partial charge is 0.254 e. The summed E-state index contributed by atoms with van der Waals surface area (Å²) in [5.41, 5.74) is 2.70. The third kappa shape index (κ3) is 4.25. The van der Waals surface area contributed by atoms with Gasteiger partial charge in [0.15, 0.2) is 11.5 Å². The third-order valence-corrected chi connectivity index (χ3v) is 10.9. The number of benzene rings is 2. The van der Waals surface area contributed by atoms with Gasteiger partial charge in [0, 0.05) is 30.6 Å². The Hall–Kier alpha value is -2.91. The van der Waals surface area contributed by atoms with E-state index in [2.05, 4.69) is 0 Å². The molecule has 0 atom stereocenters. The first-order valence-corrected chi connectivity index (χ1v) is 15.4. The monoisotopic (exact) mass is 551 g/mol. The molecule has 4 aliphatic rings. The van der Waals surface area contributed by atoms with Crippen LogP contribution in [0.25, 0.3) is 0 Å². The van der Waals surface area contributed by atoms with Gasteiger partial charge in [0.2, 0.25) is 10.0 Å². The van der Waals surface area contributed by atoms with Gasteiger partial charge in [0.1, 0.15) is 5.60 Å². The molecule has 0 unspecified atom stereocenters. The van der Waals surface area contributed by atoms with Crippen molar-refractivity contribution in [2.75, 3.05) is 20.2 Å². The number of hydrogen-bond donors (Lipinski definition) is 0. The highest BCUT2D eigenvalue weighted by molar-refractivity contribution is 7.89. The Morgan fingerprint density at radius 2 is 1.79 bits per heavy atom. The molecule has 8 nitrogen and oxygen atoms in total. The second-order valence-corrected chi connectivity index (χ2v) is 13.9. The van der Waals surface area contributed by atoms with Gasteiger partial charge in [-0.15, -0.1) is 0 Å². The summed E-state index contributed by atoms with van der Waals surface area (Å²) in [6, 6.07) is 10.8. The summed E-state index contributed by atoms with van der Waals surface area (Å²) < 4.78 is 40.2. The van der Waals surface area contributed by atoms with Crippen molar-refractivity contribution in [2.45, 2.75) is 82.3 Å². The highest BCUT2D eigenvalue weighted by atomic mass is 32.2. The van der Waals surface area contributed by atoms with Crippen molar-refractivity contribution in [1.82, 2.24) is 9.31 Å². The van der Waals surface area contributed by atoms with Crippen molar-refractivity contribution in [1.29, 1.82) is 0 Å². The lowest BCUT2D eigenvalue weighted by molar-refractivity contribution is -0.137. The maximum absolute atomic E-state index is 13.7. The molecule has 0 N–H and O–H groups in total. The SMILES string of the molecule is COc1ccc(C2=NN(C3CCN(S(=O)(=O)c4cccc(C)c4)CC3)C(=O)C2(C)C)c2c1OC1(CCCC1)C2. The highest BCUT2D eigenvalue weighted by Gasteiger charge is 2.50. The van der Waals surface area contributed by atoms with E-state index in [-0.39, 0.29) is 17.6 Å². The lowest BCUT2D eigenvalue weighted by Crippen LogP contribution is -2.47. The Labute approximate surface area is 231 Å². The van der Waals surface area contributed by atoms with Gasteiger partial charge in [-0.25, -0.2) is 13.4 Å². The van der Waals surface area contributed by atoms with Crippen LogP contribution in [0.4, 0.5) is 0 Å². The van der Waals surface area contributed by atoms with Gasteiger partial charge in [0.25, 0.3) is 5.91 Å². The van der Waals surface area contributed by atoms with Gasteiger partial charge in [0.05, 0.1) is 29.2 Å². The number of carbonyl (C=O) groups is 1. The molecular weight excluding hydrogens is 514 g/mol. The van der Waals surface area contributed by atoms with Crippen LogP contribution in [0.3, 0.4) is 0 Å². The minimum Gasteiger partial charge on any atom is -0.493 e. The first kappa shape index (κ1) is 26.3. The Morgan fingerprint density at radius 3 is 2.46 bits per heavy atom. The molecule has 1 aliphatic carbocycles. The number of fused-ring (bicyclic) bond motifs is 1. The van der Waals surface area contributed by atoms with Crippen LogP contribution in [0.15, 0.2) is 46.4 Å². The topological polar surface area (TPSA) is 88.5 Å². The Balaban J connectivity index is 1.26. The summed E-state index contributed by atoms with van der Waals surface area (Å²) in [5, 5.41) is 6.59. The molecule has 1 saturated carbocycles. The van der Waals surface area contributed by atoms with Crippen molar-refractivity contribution >= 4 is 21.6 Å². The molecule has 39 heavy (non-hydrogen) atoms. The van der Waals surface area contributed by atoms with Gasteiger partial charge in [-0.3, -0.25) is 4.79 Å². The molecule has 0 aromatic heterocycles. The van der Waals surface area contributed by atoms with Gasteiger partial charge < -0.3 is 9.47 Å². The number of piperidine rings is 1. The van der Waals surface area contributed by atoms with E-state index in [0.29, 0.717) is 30.8 Å². The minimum atomic E-state index is -3.58. The Kier molecular flexibility index (Phi) is 6.30.